The lowest BCUT2D eigenvalue weighted by atomic mass is 10.3. The van der Waals surface area contributed by atoms with Crippen LogP contribution >= 0.6 is 0 Å². The fraction of sp³-hybridized carbons (Fsp3) is 0.364. The number of nitrogens with one attached hydrogen (secondary N) is 1. The predicted octanol–water partition coefficient (Wildman–Crippen LogP) is 1.77. The van der Waals surface area contributed by atoms with Gasteiger partial charge >= 0.3 is 6.18 Å². The Kier molecular flexibility index (Phi) is 3.77. The molecule has 1 unspecified atom stereocenters. The average molecular weight is 286 g/mol. The Labute approximate surface area is 112 Å². The third-order valence-electron chi connectivity index (χ3n) is 2.44. The van der Waals surface area contributed by atoms with Gasteiger partial charge in [0.05, 0.1) is 6.33 Å². The van der Waals surface area contributed by atoms with Crippen LogP contribution in [0, 0.1) is 0 Å². The zero-order valence-electron chi connectivity index (χ0n) is 10.6. The van der Waals surface area contributed by atoms with Crippen molar-refractivity contribution in [1.29, 1.82) is 0 Å². The molecule has 108 valence electrons. The highest BCUT2D eigenvalue weighted by Gasteiger charge is 2.35. The molecule has 0 radical (unpaired) electrons. The number of anilines is 2. The van der Waals surface area contributed by atoms with Gasteiger partial charge in [0.25, 0.3) is 0 Å². The second-order valence-corrected chi connectivity index (χ2v) is 4.30. The number of nitrogens with zero attached hydrogens (tertiary/aromatic N) is 4. The van der Waals surface area contributed by atoms with Gasteiger partial charge in [0.1, 0.15) is 11.6 Å². The first kappa shape index (κ1) is 14.1. The van der Waals surface area contributed by atoms with Gasteiger partial charge in [-0.3, -0.25) is 0 Å². The monoisotopic (exact) mass is 286 g/mol. The minimum atomic E-state index is -4.63. The van der Waals surface area contributed by atoms with E-state index in [4.69, 9.17) is 5.73 Å². The highest BCUT2D eigenvalue weighted by atomic mass is 19.4. The fourth-order valence-corrected chi connectivity index (χ4v) is 1.68. The van der Waals surface area contributed by atoms with Crippen LogP contribution in [0.1, 0.15) is 12.7 Å². The molecule has 0 amide bonds. The largest absolute Gasteiger partial charge is 0.451 e. The maximum Gasteiger partial charge on any atom is 0.451 e. The minimum Gasteiger partial charge on any atom is -0.384 e. The molecule has 2 rings (SSSR count). The van der Waals surface area contributed by atoms with Crippen LogP contribution in [0.5, 0.6) is 0 Å². The van der Waals surface area contributed by atoms with Gasteiger partial charge in [-0.25, -0.2) is 15.0 Å². The first-order valence-corrected chi connectivity index (χ1v) is 5.78. The molecule has 2 heterocycles. The van der Waals surface area contributed by atoms with E-state index in [1.54, 1.807) is 23.3 Å². The Balaban J connectivity index is 2.11. The second-order valence-electron chi connectivity index (χ2n) is 4.30. The molecule has 0 aliphatic carbocycles. The average Bonchev–Trinajstić information content (AvgIpc) is 2.79. The molecule has 3 N–H and O–H groups in total. The van der Waals surface area contributed by atoms with Gasteiger partial charge in [0.15, 0.2) is 0 Å². The van der Waals surface area contributed by atoms with Gasteiger partial charge in [0, 0.05) is 31.0 Å². The van der Waals surface area contributed by atoms with E-state index in [1.807, 2.05) is 6.92 Å². The van der Waals surface area contributed by atoms with Gasteiger partial charge in [0.2, 0.25) is 5.82 Å². The molecule has 0 spiro atoms. The third kappa shape index (κ3) is 3.59. The summed E-state index contributed by atoms with van der Waals surface area (Å²) in [6, 6.07) is 1.11. The van der Waals surface area contributed by atoms with E-state index in [0.717, 1.165) is 0 Å². The Morgan fingerprint density at radius 3 is 2.75 bits per heavy atom. The Morgan fingerprint density at radius 1 is 1.40 bits per heavy atom. The molecule has 0 aromatic carbocycles. The fourth-order valence-electron chi connectivity index (χ4n) is 1.68. The van der Waals surface area contributed by atoms with Crippen molar-refractivity contribution in [3.8, 4) is 0 Å². The SMILES string of the molecule is CC(Cn1ccnc1)Nc1cc(N)nc(C(F)(F)F)n1. The van der Waals surface area contributed by atoms with Crippen LogP contribution < -0.4 is 11.1 Å². The zero-order chi connectivity index (χ0) is 14.8. The molecule has 6 nitrogen and oxygen atoms in total. The standard InChI is InChI=1S/C11H13F3N6/c1-7(5-20-3-2-16-6-20)17-9-4-8(15)18-10(19-9)11(12,13)14/h2-4,6-7H,5H2,1H3,(H3,15,17,18,19). The van der Waals surface area contributed by atoms with Crippen molar-refractivity contribution in [2.45, 2.75) is 25.7 Å². The Bertz CT molecular complexity index is 566. The van der Waals surface area contributed by atoms with Crippen LogP contribution in [0.15, 0.2) is 24.8 Å². The molecule has 0 fully saturated rings. The Morgan fingerprint density at radius 2 is 2.15 bits per heavy atom. The summed E-state index contributed by atoms with van der Waals surface area (Å²) in [6.45, 7) is 2.34. The van der Waals surface area contributed by atoms with Crippen molar-refractivity contribution in [3.63, 3.8) is 0 Å². The lowest BCUT2D eigenvalue weighted by Crippen LogP contribution is -2.23. The van der Waals surface area contributed by atoms with Crippen molar-refractivity contribution >= 4 is 11.6 Å². The van der Waals surface area contributed by atoms with Crippen molar-refractivity contribution in [2.75, 3.05) is 11.1 Å². The first-order chi connectivity index (χ1) is 9.34. The summed E-state index contributed by atoms with van der Waals surface area (Å²) in [5.41, 5.74) is 5.36. The van der Waals surface area contributed by atoms with Crippen molar-refractivity contribution in [3.05, 3.63) is 30.6 Å². The summed E-state index contributed by atoms with van der Waals surface area (Å²) in [6.07, 6.45) is 0.373. The molecule has 1 atom stereocenters. The highest BCUT2D eigenvalue weighted by Crippen LogP contribution is 2.27. The molecule has 20 heavy (non-hydrogen) atoms. The number of nitrogen functional groups attached to an aromatic ring is 1. The number of imidazole rings is 1. The number of hydrogen-bond donors (Lipinski definition) is 2. The van der Waals surface area contributed by atoms with Crippen LogP contribution in [0.2, 0.25) is 0 Å². The third-order valence-corrected chi connectivity index (χ3v) is 2.44. The number of alkyl halides is 3. The number of hydrogen-bond acceptors (Lipinski definition) is 5. The lowest BCUT2D eigenvalue weighted by Gasteiger charge is -2.16. The normalized spacial score (nSPS) is 13.2. The molecular formula is C11H13F3N6. The van der Waals surface area contributed by atoms with Crippen LogP contribution in [0.25, 0.3) is 0 Å². The van der Waals surface area contributed by atoms with Crippen LogP contribution in [0.3, 0.4) is 0 Å². The van der Waals surface area contributed by atoms with Crippen molar-refractivity contribution < 1.29 is 13.2 Å². The second kappa shape index (κ2) is 5.35. The summed E-state index contributed by atoms with van der Waals surface area (Å²) >= 11 is 0. The molecule has 0 saturated heterocycles. The van der Waals surface area contributed by atoms with Crippen LogP contribution in [-0.2, 0) is 12.7 Å². The molecule has 0 aliphatic heterocycles. The van der Waals surface area contributed by atoms with E-state index in [9.17, 15) is 13.2 Å². The highest BCUT2D eigenvalue weighted by molar-refractivity contribution is 5.45. The van der Waals surface area contributed by atoms with Gasteiger partial charge in [-0.05, 0) is 6.92 Å². The van der Waals surface area contributed by atoms with Gasteiger partial charge < -0.3 is 15.6 Å². The quantitative estimate of drug-likeness (QED) is 0.895. The molecule has 0 bridgehead atoms. The molecule has 0 saturated carbocycles. The van der Waals surface area contributed by atoms with Gasteiger partial charge in [-0.2, -0.15) is 13.2 Å². The molecule has 0 aliphatic rings. The van der Waals surface area contributed by atoms with E-state index >= 15 is 0 Å². The van der Waals surface area contributed by atoms with E-state index in [2.05, 4.69) is 20.3 Å². The van der Waals surface area contributed by atoms with E-state index < -0.39 is 12.0 Å². The first-order valence-electron chi connectivity index (χ1n) is 5.78. The maximum absolute atomic E-state index is 12.6. The number of rotatable bonds is 4. The smallest absolute Gasteiger partial charge is 0.384 e. The number of nitrogens with two attached hydrogens (primary N) is 1. The Hall–Kier alpha value is -2.32. The van der Waals surface area contributed by atoms with Crippen molar-refractivity contribution in [2.24, 2.45) is 0 Å². The molecular weight excluding hydrogens is 273 g/mol. The summed E-state index contributed by atoms with van der Waals surface area (Å²) in [5, 5.41) is 2.85. The van der Waals surface area contributed by atoms with E-state index in [0.29, 0.717) is 6.54 Å². The summed E-state index contributed by atoms with van der Waals surface area (Å²) in [5.74, 6) is -1.45. The topological polar surface area (TPSA) is 81.7 Å². The van der Waals surface area contributed by atoms with E-state index in [1.165, 1.54) is 6.07 Å². The minimum absolute atomic E-state index is 0.0393. The molecule has 2 aromatic rings. The zero-order valence-corrected chi connectivity index (χ0v) is 10.6. The summed E-state index contributed by atoms with van der Waals surface area (Å²) < 4.78 is 39.5. The summed E-state index contributed by atoms with van der Waals surface area (Å²) in [4.78, 5) is 10.5. The maximum atomic E-state index is 12.6. The lowest BCUT2D eigenvalue weighted by molar-refractivity contribution is -0.144. The number of aromatic nitrogens is 4. The molecule has 2 aromatic heterocycles. The molecule has 9 heteroatoms. The predicted molar refractivity (Wildman–Crippen MR) is 66.8 cm³/mol. The number of halogens is 3. The van der Waals surface area contributed by atoms with E-state index in [-0.39, 0.29) is 17.7 Å². The van der Waals surface area contributed by atoms with Crippen molar-refractivity contribution in [1.82, 2.24) is 19.5 Å². The van der Waals surface area contributed by atoms with Crippen LogP contribution in [-0.4, -0.2) is 25.6 Å². The van der Waals surface area contributed by atoms with Crippen LogP contribution in [0.4, 0.5) is 24.8 Å². The van der Waals surface area contributed by atoms with Gasteiger partial charge in [-0.15, -0.1) is 0 Å². The van der Waals surface area contributed by atoms with Gasteiger partial charge in [-0.1, -0.05) is 0 Å². The summed E-state index contributed by atoms with van der Waals surface area (Å²) in [7, 11) is 0.